The summed E-state index contributed by atoms with van der Waals surface area (Å²) in [5, 5.41) is 10.8. The number of rotatable bonds is 4. The Morgan fingerprint density at radius 2 is 1.70 bits per heavy atom. The Kier molecular flexibility index (Phi) is 4.81. The highest BCUT2D eigenvalue weighted by Crippen LogP contribution is 2.45. The minimum Gasteiger partial charge on any atom is -0.264 e. The average Bonchev–Trinajstić information content (AvgIpc) is 2.61. The van der Waals surface area contributed by atoms with Crippen molar-refractivity contribution in [1.82, 2.24) is 4.98 Å². The van der Waals surface area contributed by atoms with E-state index in [4.69, 9.17) is 10.3 Å². The molecule has 1 heterocycles. The minimum atomic E-state index is -4.05. The van der Waals surface area contributed by atoms with Gasteiger partial charge in [0.05, 0.1) is 9.80 Å². The standard InChI is InChI=1S/C18H19N3O4S2/c1-13-8-10-21-12-16(13)18(9-4-5-14(11-18)26(19,22)23)15-6-2-3-7-17(15)27(20,24)25/h2-10,12H,11H2,1H3,(H2,19,22,23)(H2,20,24,25). The quantitative estimate of drug-likeness (QED) is 0.794. The third-order valence-electron chi connectivity index (χ3n) is 4.68. The highest BCUT2D eigenvalue weighted by Gasteiger charge is 2.40. The average molecular weight is 406 g/mol. The molecule has 0 radical (unpaired) electrons. The highest BCUT2D eigenvalue weighted by atomic mass is 32.2. The first-order chi connectivity index (χ1) is 12.6. The number of sulfonamides is 2. The van der Waals surface area contributed by atoms with Crippen molar-refractivity contribution in [2.45, 2.75) is 23.7 Å². The molecule has 1 aromatic carbocycles. The van der Waals surface area contributed by atoms with Crippen LogP contribution in [0, 0.1) is 6.92 Å². The molecule has 1 aliphatic rings. The molecule has 1 aromatic heterocycles. The Morgan fingerprint density at radius 1 is 1.00 bits per heavy atom. The van der Waals surface area contributed by atoms with Gasteiger partial charge in [-0.2, -0.15) is 0 Å². The molecule has 142 valence electrons. The van der Waals surface area contributed by atoms with Crippen LogP contribution in [0.2, 0.25) is 0 Å². The van der Waals surface area contributed by atoms with Crippen molar-refractivity contribution in [2.24, 2.45) is 10.3 Å². The maximum absolute atomic E-state index is 12.2. The molecule has 0 spiro atoms. The molecule has 0 bridgehead atoms. The van der Waals surface area contributed by atoms with E-state index in [1.165, 1.54) is 12.1 Å². The summed E-state index contributed by atoms with van der Waals surface area (Å²) in [5.41, 5.74) is 0.771. The first-order valence-electron chi connectivity index (χ1n) is 8.00. The van der Waals surface area contributed by atoms with Crippen molar-refractivity contribution >= 4 is 20.0 Å². The Hall–Kier alpha value is -2.33. The van der Waals surface area contributed by atoms with Crippen molar-refractivity contribution in [1.29, 1.82) is 0 Å². The first kappa shape index (κ1) is 19.4. The molecule has 0 amide bonds. The summed E-state index contributed by atoms with van der Waals surface area (Å²) >= 11 is 0. The summed E-state index contributed by atoms with van der Waals surface area (Å²) < 4.78 is 48.5. The maximum atomic E-state index is 12.2. The van der Waals surface area contributed by atoms with Crippen molar-refractivity contribution in [3.63, 3.8) is 0 Å². The van der Waals surface area contributed by atoms with E-state index in [0.29, 0.717) is 11.1 Å². The van der Waals surface area contributed by atoms with E-state index >= 15 is 0 Å². The molecule has 9 heteroatoms. The number of allylic oxidation sites excluding steroid dienone is 4. The van der Waals surface area contributed by atoms with Crippen LogP contribution in [0.1, 0.15) is 23.1 Å². The van der Waals surface area contributed by atoms with Crippen LogP contribution in [0.5, 0.6) is 0 Å². The number of nitrogens with two attached hydrogens (primary N) is 2. The number of hydrogen-bond acceptors (Lipinski definition) is 5. The lowest BCUT2D eigenvalue weighted by Gasteiger charge is -2.36. The van der Waals surface area contributed by atoms with Crippen LogP contribution in [-0.2, 0) is 25.5 Å². The molecule has 1 unspecified atom stereocenters. The summed E-state index contributed by atoms with van der Waals surface area (Å²) in [7, 11) is -8.01. The van der Waals surface area contributed by atoms with Gasteiger partial charge in [0.15, 0.2) is 0 Å². The number of benzene rings is 1. The molecule has 0 aliphatic heterocycles. The molecular formula is C18H19N3O4S2. The molecular weight excluding hydrogens is 386 g/mol. The molecule has 4 N–H and O–H groups in total. The van der Waals surface area contributed by atoms with Gasteiger partial charge < -0.3 is 0 Å². The fourth-order valence-corrected chi connectivity index (χ4v) is 4.96. The summed E-state index contributed by atoms with van der Waals surface area (Å²) in [4.78, 5) is 4.08. The topological polar surface area (TPSA) is 133 Å². The van der Waals surface area contributed by atoms with Crippen LogP contribution in [0.15, 0.2) is 70.8 Å². The van der Waals surface area contributed by atoms with Crippen LogP contribution >= 0.6 is 0 Å². The van der Waals surface area contributed by atoms with Crippen LogP contribution in [-0.4, -0.2) is 21.8 Å². The number of nitrogens with zero attached hydrogens (tertiary/aromatic N) is 1. The molecule has 3 rings (SSSR count). The lowest BCUT2D eigenvalue weighted by atomic mass is 9.69. The van der Waals surface area contributed by atoms with Gasteiger partial charge in [-0.3, -0.25) is 4.98 Å². The lowest BCUT2D eigenvalue weighted by molar-refractivity contribution is 0.575. The normalized spacial score (nSPS) is 20.3. The van der Waals surface area contributed by atoms with E-state index in [1.807, 2.05) is 6.92 Å². The minimum absolute atomic E-state index is 0.00234. The Morgan fingerprint density at radius 3 is 2.33 bits per heavy atom. The van der Waals surface area contributed by atoms with E-state index < -0.39 is 25.5 Å². The molecule has 1 atom stereocenters. The fraction of sp³-hybridized carbons (Fsp3) is 0.167. The summed E-state index contributed by atoms with van der Waals surface area (Å²) in [6, 6.07) is 8.05. The van der Waals surface area contributed by atoms with Gasteiger partial charge in [-0.05, 0) is 41.8 Å². The molecule has 7 nitrogen and oxygen atoms in total. The second-order valence-corrected chi connectivity index (χ2v) is 9.56. The summed E-state index contributed by atoms with van der Waals surface area (Å²) in [6.07, 6.45) is 7.91. The second kappa shape index (κ2) is 6.68. The molecule has 1 aliphatic carbocycles. The van der Waals surface area contributed by atoms with Gasteiger partial charge in [0, 0.05) is 24.2 Å². The summed E-state index contributed by atoms with van der Waals surface area (Å²) in [5.74, 6) is 0. The van der Waals surface area contributed by atoms with Crippen molar-refractivity contribution < 1.29 is 16.8 Å². The molecule has 2 aromatic rings. The predicted octanol–water partition coefficient (Wildman–Crippen LogP) is 1.46. The van der Waals surface area contributed by atoms with E-state index in [-0.39, 0.29) is 16.2 Å². The van der Waals surface area contributed by atoms with Gasteiger partial charge in [-0.25, -0.2) is 27.1 Å². The molecule has 0 fully saturated rings. The molecule has 0 saturated heterocycles. The van der Waals surface area contributed by atoms with E-state index in [2.05, 4.69) is 4.98 Å². The number of aromatic nitrogens is 1. The Balaban J connectivity index is 2.39. The molecule has 27 heavy (non-hydrogen) atoms. The van der Waals surface area contributed by atoms with Gasteiger partial charge in [0.1, 0.15) is 0 Å². The smallest absolute Gasteiger partial charge is 0.238 e. The van der Waals surface area contributed by atoms with Gasteiger partial charge >= 0.3 is 0 Å². The van der Waals surface area contributed by atoms with Crippen molar-refractivity contribution in [3.05, 3.63) is 82.5 Å². The monoisotopic (exact) mass is 405 g/mol. The zero-order valence-corrected chi connectivity index (χ0v) is 16.2. The highest BCUT2D eigenvalue weighted by molar-refractivity contribution is 7.93. The third kappa shape index (κ3) is 3.59. The maximum Gasteiger partial charge on any atom is 0.238 e. The number of hydrogen-bond donors (Lipinski definition) is 2. The Labute approximate surface area is 158 Å². The van der Waals surface area contributed by atoms with Crippen molar-refractivity contribution in [2.75, 3.05) is 0 Å². The third-order valence-corrected chi connectivity index (χ3v) is 6.66. The largest absolute Gasteiger partial charge is 0.264 e. The zero-order chi connectivity index (χ0) is 19.9. The fourth-order valence-electron chi connectivity index (χ4n) is 3.44. The first-order valence-corrected chi connectivity index (χ1v) is 11.1. The predicted molar refractivity (Wildman–Crippen MR) is 103 cm³/mol. The van der Waals surface area contributed by atoms with E-state index in [0.717, 1.165) is 5.56 Å². The number of primary sulfonamides is 2. The van der Waals surface area contributed by atoms with Crippen LogP contribution in [0.25, 0.3) is 0 Å². The number of aryl methyl sites for hydroxylation is 1. The van der Waals surface area contributed by atoms with Gasteiger partial charge in [-0.15, -0.1) is 0 Å². The zero-order valence-electron chi connectivity index (χ0n) is 14.5. The van der Waals surface area contributed by atoms with Gasteiger partial charge in [-0.1, -0.05) is 30.4 Å². The summed E-state index contributed by atoms with van der Waals surface area (Å²) in [6.45, 7) is 1.85. The Bertz CT molecular complexity index is 1170. The second-order valence-electron chi connectivity index (χ2n) is 6.42. The SMILES string of the molecule is Cc1ccncc1C1(c2ccccc2S(N)(=O)=O)C=CC=C(S(N)(=O)=O)C1. The molecule has 0 saturated carbocycles. The van der Waals surface area contributed by atoms with Gasteiger partial charge in [0.2, 0.25) is 20.0 Å². The lowest BCUT2D eigenvalue weighted by Crippen LogP contribution is -2.34. The van der Waals surface area contributed by atoms with E-state index in [1.54, 1.807) is 48.8 Å². The van der Waals surface area contributed by atoms with Crippen molar-refractivity contribution in [3.8, 4) is 0 Å². The number of pyridine rings is 1. The van der Waals surface area contributed by atoms with Gasteiger partial charge in [0.25, 0.3) is 0 Å². The van der Waals surface area contributed by atoms with Crippen LogP contribution < -0.4 is 10.3 Å². The van der Waals surface area contributed by atoms with Crippen LogP contribution in [0.3, 0.4) is 0 Å². The van der Waals surface area contributed by atoms with E-state index in [9.17, 15) is 16.8 Å². The van der Waals surface area contributed by atoms with Crippen LogP contribution in [0.4, 0.5) is 0 Å².